The van der Waals surface area contributed by atoms with Crippen LogP contribution in [0.1, 0.15) is 32.6 Å². The van der Waals surface area contributed by atoms with Gasteiger partial charge >= 0.3 is 0 Å². The van der Waals surface area contributed by atoms with Gasteiger partial charge in [-0.05, 0) is 37.4 Å². The van der Waals surface area contributed by atoms with E-state index in [2.05, 4.69) is 36.5 Å². The third kappa shape index (κ3) is 3.35. The maximum absolute atomic E-state index is 4.73. The molecule has 1 aliphatic carbocycles. The Morgan fingerprint density at radius 1 is 1.35 bits per heavy atom. The molecule has 0 bridgehead atoms. The molecule has 1 aliphatic rings. The van der Waals surface area contributed by atoms with Crippen LogP contribution in [0.25, 0.3) is 10.2 Å². The molecule has 0 saturated heterocycles. The topological polar surface area (TPSA) is 24.9 Å². The molecule has 1 unspecified atom stereocenters. The lowest BCUT2D eigenvalue weighted by Crippen LogP contribution is -2.37. The first kappa shape index (κ1) is 14.4. The summed E-state index contributed by atoms with van der Waals surface area (Å²) in [5, 5.41) is 3.68. The van der Waals surface area contributed by atoms with Gasteiger partial charge in [-0.15, -0.1) is 11.3 Å². The van der Waals surface area contributed by atoms with Crippen molar-refractivity contribution in [3.05, 3.63) is 24.3 Å². The Balaban J connectivity index is 1.63. The number of nitrogens with zero attached hydrogens (tertiary/aromatic N) is 1. The number of thioether (sulfide) groups is 1. The van der Waals surface area contributed by atoms with Crippen LogP contribution in [0.2, 0.25) is 0 Å². The second-order valence-electron chi connectivity index (χ2n) is 5.47. The Labute approximate surface area is 129 Å². The van der Waals surface area contributed by atoms with E-state index in [9.17, 15) is 0 Å². The first-order valence-electron chi connectivity index (χ1n) is 7.58. The highest BCUT2D eigenvalue weighted by molar-refractivity contribution is 8.01. The number of fused-ring (bicyclic) bond motifs is 1. The molecule has 2 aromatic rings. The van der Waals surface area contributed by atoms with Gasteiger partial charge in [0.25, 0.3) is 0 Å². The molecule has 0 amide bonds. The van der Waals surface area contributed by atoms with Crippen LogP contribution >= 0.6 is 23.1 Å². The molecule has 1 N–H and O–H groups in total. The van der Waals surface area contributed by atoms with E-state index in [4.69, 9.17) is 4.98 Å². The van der Waals surface area contributed by atoms with Crippen molar-refractivity contribution in [3.8, 4) is 0 Å². The van der Waals surface area contributed by atoms with E-state index in [1.54, 1.807) is 0 Å². The Morgan fingerprint density at radius 2 is 2.15 bits per heavy atom. The number of para-hydroxylation sites is 1. The fourth-order valence-electron chi connectivity index (χ4n) is 3.06. The second kappa shape index (κ2) is 6.92. The number of nitrogens with one attached hydrogen (secondary N) is 1. The molecule has 0 aliphatic heterocycles. The van der Waals surface area contributed by atoms with Gasteiger partial charge in [-0.25, -0.2) is 4.98 Å². The number of thiazole rings is 1. The molecule has 0 radical (unpaired) electrons. The average molecular weight is 307 g/mol. The molecule has 2 nitrogen and oxygen atoms in total. The fourth-order valence-corrected chi connectivity index (χ4v) is 5.34. The molecule has 1 saturated carbocycles. The van der Waals surface area contributed by atoms with Crippen molar-refractivity contribution in [3.63, 3.8) is 0 Å². The Hall–Kier alpha value is -0.580. The highest BCUT2D eigenvalue weighted by Gasteiger charge is 2.24. The molecule has 1 heterocycles. The van der Waals surface area contributed by atoms with Gasteiger partial charge in [-0.1, -0.05) is 43.7 Å². The quantitative estimate of drug-likeness (QED) is 0.792. The van der Waals surface area contributed by atoms with Crippen LogP contribution in [-0.2, 0) is 0 Å². The zero-order valence-electron chi connectivity index (χ0n) is 12.0. The van der Waals surface area contributed by atoms with Crippen LogP contribution in [0.3, 0.4) is 0 Å². The fraction of sp³-hybridized carbons (Fsp3) is 0.562. The largest absolute Gasteiger partial charge is 0.313 e. The lowest BCUT2D eigenvalue weighted by Gasteiger charge is -2.23. The smallest absolute Gasteiger partial charge is 0.151 e. The van der Waals surface area contributed by atoms with Crippen LogP contribution in [0.4, 0.5) is 0 Å². The van der Waals surface area contributed by atoms with E-state index >= 15 is 0 Å². The van der Waals surface area contributed by atoms with Crippen molar-refractivity contribution in [2.75, 3.05) is 12.3 Å². The Kier molecular flexibility index (Phi) is 4.97. The molecule has 3 rings (SSSR count). The lowest BCUT2D eigenvalue weighted by molar-refractivity contribution is 0.394. The van der Waals surface area contributed by atoms with Crippen molar-refractivity contribution in [1.29, 1.82) is 0 Å². The molecule has 20 heavy (non-hydrogen) atoms. The van der Waals surface area contributed by atoms with Crippen molar-refractivity contribution in [1.82, 2.24) is 10.3 Å². The predicted molar refractivity (Wildman–Crippen MR) is 89.8 cm³/mol. The number of aromatic nitrogens is 1. The third-order valence-corrected chi connectivity index (χ3v) is 6.39. The summed E-state index contributed by atoms with van der Waals surface area (Å²) in [5.74, 6) is 2.02. The van der Waals surface area contributed by atoms with Crippen LogP contribution in [-0.4, -0.2) is 23.3 Å². The van der Waals surface area contributed by atoms with Crippen molar-refractivity contribution < 1.29 is 0 Å². The summed E-state index contributed by atoms with van der Waals surface area (Å²) < 4.78 is 2.52. The van der Waals surface area contributed by atoms with E-state index in [1.807, 2.05) is 23.1 Å². The zero-order chi connectivity index (χ0) is 13.8. The van der Waals surface area contributed by atoms with Gasteiger partial charge in [-0.2, -0.15) is 0 Å². The van der Waals surface area contributed by atoms with E-state index in [-0.39, 0.29) is 0 Å². The van der Waals surface area contributed by atoms with Gasteiger partial charge in [0.1, 0.15) is 0 Å². The standard InChI is InChI=1S/C16H22N2S2/c1-2-17-14(12-7-3-4-8-12)11-19-16-18-13-9-5-6-10-15(13)20-16/h5-6,9-10,12,14,17H,2-4,7-8,11H2,1H3. The van der Waals surface area contributed by atoms with Gasteiger partial charge in [0.05, 0.1) is 10.2 Å². The minimum atomic E-state index is 0.652. The van der Waals surface area contributed by atoms with Crippen LogP contribution < -0.4 is 5.32 Å². The van der Waals surface area contributed by atoms with E-state index in [1.165, 1.54) is 34.7 Å². The Morgan fingerprint density at radius 3 is 2.90 bits per heavy atom. The molecule has 1 aromatic heterocycles. The van der Waals surface area contributed by atoms with Crippen molar-refractivity contribution in [2.24, 2.45) is 5.92 Å². The minimum absolute atomic E-state index is 0.652. The first-order valence-corrected chi connectivity index (χ1v) is 9.39. The summed E-state index contributed by atoms with van der Waals surface area (Å²) in [6, 6.07) is 9.08. The molecule has 108 valence electrons. The van der Waals surface area contributed by atoms with Crippen molar-refractivity contribution >= 4 is 33.3 Å². The minimum Gasteiger partial charge on any atom is -0.313 e. The van der Waals surface area contributed by atoms with E-state index in [0.717, 1.165) is 23.7 Å². The highest BCUT2D eigenvalue weighted by atomic mass is 32.2. The number of hydrogen-bond acceptors (Lipinski definition) is 4. The number of hydrogen-bond donors (Lipinski definition) is 1. The SMILES string of the molecule is CCNC(CSc1nc2ccccc2s1)C1CCCC1. The molecule has 1 atom stereocenters. The normalized spacial score (nSPS) is 17.9. The summed E-state index contributed by atoms with van der Waals surface area (Å²) in [4.78, 5) is 4.73. The maximum atomic E-state index is 4.73. The summed E-state index contributed by atoms with van der Waals surface area (Å²) >= 11 is 3.75. The molecule has 4 heteroatoms. The average Bonchev–Trinajstić information content (AvgIpc) is 3.12. The van der Waals surface area contributed by atoms with E-state index in [0.29, 0.717) is 6.04 Å². The maximum Gasteiger partial charge on any atom is 0.151 e. The van der Waals surface area contributed by atoms with Gasteiger partial charge in [0.2, 0.25) is 0 Å². The van der Waals surface area contributed by atoms with E-state index < -0.39 is 0 Å². The second-order valence-corrected chi connectivity index (χ2v) is 7.76. The highest BCUT2D eigenvalue weighted by Crippen LogP contribution is 2.33. The summed E-state index contributed by atoms with van der Waals surface area (Å²) in [6.07, 6.45) is 5.63. The monoisotopic (exact) mass is 306 g/mol. The third-order valence-electron chi connectivity index (χ3n) is 4.10. The molecular weight excluding hydrogens is 284 g/mol. The van der Waals surface area contributed by atoms with Gasteiger partial charge in [0.15, 0.2) is 4.34 Å². The number of benzene rings is 1. The molecular formula is C16H22N2S2. The summed E-state index contributed by atoms with van der Waals surface area (Å²) in [7, 11) is 0. The van der Waals surface area contributed by atoms with Gasteiger partial charge < -0.3 is 5.32 Å². The zero-order valence-corrected chi connectivity index (χ0v) is 13.6. The van der Waals surface area contributed by atoms with Crippen LogP contribution in [0.15, 0.2) is 28.6 Å². The van der Waals surface area contributed by atoms with Crippen LogP contribution in [0, 0.1) is 5.92 Å². The summed E-state index contributed by atoms with van der Waals surface area (Å²) in [6.45, 7) is 3.28. The van der Waals surface area contributed by atoms with Crippen molar-refractivity contribution in [2.45, 2.75) is 43.0 Å². The van der Waals surface area contributed by atoms with Crippen LogP contribution in [0.5, 0.6) is 0 Å². The Bertz CT molecular complexity index is 513. The lowest BCUT2D eigenvalue weighted by atomic mass is 10.00. The van der Waals surface area contributed by atoms with Gasteiger partial charge in [0, 0.05) is 11.8 Å². The first-order chi connectivity index (χ1) is 9.86. The summed E-state index contributed by atoms with van der Waals surface area (Å²) in [5.41, 5.74) is 1.14. The molecule has 1 fully saturated rings. The number of rotatable bonds is 6. The predicted octanol–water partition coefficient (Wildman–Crippen LogP) is 4.56. The molecule has 1 aromatic carbocycles. The molecule has 0 spiro atoms. The van der Waals surface area contributed by atoms with Gasteiger partial charge in [-0.3, -0.25) is 0 Å².